The number of aromatic nitrogens is 1. The van der Waals surface area contributed by atoms with Crippen molar-refractivity contribution < 1.29 is 14.3 Å². The molecule has 1 aromatic heterocycles. The van der Waals surface area contributed by atoms with E-state index in [4.69, 9.17) is 0 Å². The summed E-state index contributed by atoms with van der Waals surface area (Å²) in [5.74, 6) is -1.52. The third kappa shape index (κ3) is 3.51. The zero-order valence-corrected chi connectivity index (χ0v) is 11.3. The minimum Gasteiger partial charge on any atom is -0.479 e. The highest BCUT2D eigenvalue weighted by Crippen LogP contribution is 2.20. The van der Waals surface area contributed by atoms with Crippen molar-refractivity contribution in [3.63, 3.8) is 0 Å². The lowest BCUT2D eigenvalue weighted by molar-refractivity contribution is -0.138. The molecule has 2 rings (SSSR count). The van der Waals surface area contributed by atoms with Crippen LogP contribution >= 0.6 is 15.9 Å². The standard InChI is InChI=1S/C13H10BrFN2O2/c14-8-4-5-11(16-7-8)12(13(18)19)17-10-3-1-2-9(15)6-10/h1-7,12,17H,(H,18,19). The second-order valence-corrected chi connectivity index (χ2v) is 4.74. The van der Waals surface area contributed by atoms with Gasteiger partial charge in [0, 0.05) is 16.4 Å². The fraction of sp³-hybridized carbons (Fsp3) is 0.0769. The molecular formula is C13H10BrFN2O2. The van der Waals surface area contributed by atoms with Crippen LogP contribution in [0.15, 0.2) is 47.1 Å². The zero-order valence-electron chi connectivity index (χ0n) is 9.68. The maximum atomic E-state index is 13.1. The third-order valence-corrected chi connectivity index (χ3v) is 2.90. The largest absolute Gasteiger partial charge is 0.479 e. The third-order valence-electron chi connectivity index (χ3n) is 2.43. The second-order valence-electron chi connectivity index (χ2n) is 3.83. The van der Waals surface area contributed by atoms with Crippen LogP contribution in [0, 0.1) is 5.82 Å². The molecular weight excluding hydrogens is 315 g/mol. The van der Waals surface area contributed by atoms with Gasteiger partial charge in [-0.3, -0.25) is 4.98 Å². The van der Waals surface area contributed by atoms with E-state index in [1.54, 1.807) is 18.2 Å². The van der Waals surface area contributed by atoms with Crippen LogP contribution in [-0.2, 0) is 4.79 Å². The van der Waals surface area contributed by atoms with Gasteiger partial charge in [0.15, 0.2) is 6.04 Å². The molecule has 19 heavy (non-hydrogen) atoms. The average molecular weight is 325 g/mol. The molecule has 1 aromatic carbocycles. The van der Waals surface area contributed by atoms with Crippen molar-refractivity contribution in [2.24, 2.45) is 0 Å². The summed E-state index contributed by atoms with van der Waals surface area (Å²) < 4.78 is 13.8. The quantitative estimate of drug-likeness (QED) is 0.906. The van der Waals surface area contributed by atoms with Crippen LogP contribution < -0.4 is 5.32 Å². The molecule has 1 atom stereocenters. The lowest BCUT2D eigenvalue weighted by Gasteiger charge is -2.15. The van der Waals surface area contributed by atoms with E-state index >= 15 is 0 Å². The Morgan fingerprint density at radius 1 is 1.37 bits per heavy atom. The number of anilines is 1. The molecule has 0 saturated carbocycles. The molecule has 0 saturated heterocycles. The second kappa shape index (κ2) is 5.79. The fourth-order valence-corrected chi connectivity index (χ4v) is 1.80. The topological polar surface area (TPSA) is 62.2 Å². The Morgan fingerprint density at radius 2 is 2.16 bits per heavy atom. The van der Waals surface area contributed by atoms with Gasteiger partial charge in [0.2, 0.25) is 0 Å². The number of hydrogen-bond acceptors (Lipinski definition) is 3. The van der Waals surface area contributed by atoms with E-state index in [0.29, 0.717) is 11.4 Å². The van der Waals surface area contributed by atoms with E-state index in [-0.39, 0.29) is 0 Å². The lowest BCUT2D eigenvalue weighted by Crippen LogP contribution is -2.21. The van der Waals surface area contributed by atoms with Crippen molar-refractivity contribution >= 4 is 27.6 Å². The molecule has 0 bridgehead atoms. The molecule has 4 nitrogen and oxygen atoms in total. The van der Waals surface area contributed by atoms with Crippen LogP contribution in [0.25, 0.3) is 0 Å². The monoisotopic (exact) mass is 324 g/mol. The minimum absolute atomic E-state index is 0.347. The van der Waals surface area contributed by atoms with Crippen LogP contribution in [0.3, 0.4) is 0 Å². The molecule has 0 spiro atoms. The van der Waals surface area contributed by atoms with Gasteiger partial charge in [-0.1, -0.05) is 6.07 Å². The number of carbonyl (C=O) groups is 1. The highest BCUT2D eigenvalue weighted by atomic mass is 79.9. The van der Waals surface area contributed by atoms with E-state index < -0.39 is 17.8 Å². The summed E-state index contributed by atoms with van der Waals surface area (Å²) in [6.07, 6.45) is 1.51. The zero-order chi connectivity index (χ0) is 13.8. The van der Waals surface area contributed by atoms with Gasteiger partial charge in [0.05, 0.1) is 5.69 Å². The van der Waals surface area contributed by atoms with Crippen LogP contribution in [0.1, 0.15) is 11.7 Å². The predicted molar refractivity (Wildman–Crippen MR) is 72.3 cm³/mol. The Kier molecular flexibility index (Phi) is 4.11. The summed E-state index contributed by atoms with van der Waals surface area (Å²) in [6, 6.07) is 7.88. The van der Waals surface area contributed by atoms with Crippen LogP contribution in [0.4, 0.5) is 10.1 Å². The molecule has 0 fully saturated rings. The number of pyridine rings is 1. The summed E-state index contributed by atoms with van der Waals surface area (Å²) in [6.45, 7) is 0. The average Bonchev–Trinajstić information content (AvgIpc) is 2.37. The summed E-state index contributed by atoms with van der Waals surface area (Å²) >= 11 is 3.23. The lowest BCUT2D eigenvalue weighted by atomic mass is 10.1. The van der Waals surface area contributed by atoms with Gasteiger partial charge in [0.1, 0.15) is 5.82 Å². The van der Waals surface area contributed by atoms with E-state index in [1.807, 2.05) is 0 Å². The number of rotatable bonds is 4. The number of benzene rings is 1. The maximum Gasteiger partial charge on any atom is 0.332 e. The molecule has 2 aromatic rings. The van der Waals surface area contributed by atoms with Crippen molar-refractivity contribution in [2.75, 3.05) is 5.32 Å². The van der Waals surface area contributed by atoms with Gasteiger partial charge in [-0.05, 0) is 46.3 Å². The van der Waals surface area contributed by atoms with E-state index in [2.05, 4.69) is 26.2 Å². The van der Waals surface area contributed by atoms with Gasteiger partial charge in [-0.15, -0.1) is 0 Å². The fourth-order valence-electron chi connectivity index (χ4n) is 1.57. The van der Waals surface area contributed by atoms with Crippen molar-refractivity contribution in [1.29, 1.82) is 0 Å². The smallest absolute Gasteiger partial charge is 0.332 e. The molecule has 0 aliphatic carbocycles. The molecule has 0 aliphatic rings. The van der Waals surface area contributed by atoms with Crippen molar-refractivity contribution in [3.05, 3.63) is 58.6 Å². The Morgan fingerprint density at radius 3 is 2.74 bits per heavy atom. The van der Waals surface area contributed by atoms with Crippen molar-refractivity contribution in [3.8, 4) is 0 Å². The number of halogens is 2. The molecule has 1 unspecified atom stereocenters. The number of aliphatic carboxylic acids is 1. The summed E-state index contributed by atoms with van der Waals surface area (Å²) in [5.41, 5.74) is 0.733. The first kappa shape index (κ1) is 13.5. The van der Waals surface area contributed by atoms with Crippen molar-refractivity contribution in [1.82, 2.24) is 4.98 Å². The first-order chi connectivity index (χ1) is 9.06. The summed E-state index contributed by atoms with van der Waals surface area (Å²) in [4.78, 5) is 15.3. The highest BCUT2D eigenvalue weighted by molar-refractivity contribution is 9.10. The summed E-state index contributed by atoms with van der Waals surface area (Å²) in [7, 11) is 0. The molecule has 0 aliphatic heterocycles. The van der Waals surface area contributed by atoms with Gasteiger partial charge >= 0.3 is 5.97 Å². The molecule has 0 radical (unpaired) electrons. The molecule has 98 valence electrons. The van der Waals surface area contributed by atoms with Gasteiger partial charge < -0.3 is 10.4 Å². The normalized spacial score (nSPS) is 11.9. The Labute approximate surface area is 117 Å². The Balaban J connectivity index is 2.26. The minimum atomic E-state index is -1.08. The van der Waals surface area contributed by atoms with Gasteiger partial charge in [0.25, 0.3) is 0 Å². The number of nitrogens with zero attached hydrogens (tertiary/aromatic N) is 1. The number of carboxylic acids is 1. The summed E-state index contributed by atoms with van der Waals surface area (Å²) in [5, 5.41) is 12.0. The van der Waals surface area contributed by atoms with Crippen LogP contribution in [0.5, 0.6) is 0 Å². The maximum absolute atomic E-state index is 13.1. The number of hydrogen-bond donors (Lipinski definition) is 2. The molecule has 6 heteroatoms. The highest BCUT2D eigenvalue weighted by Gasteiger charge is 2.21. The Hall–Kier alpha value is -1.95. The van der Waals surface area contributed by atoms with E-state index in [9.17, 15) is 14.3 Å². The van der Waals surface area contributed by atoms with E-state index in [0.717, 1.165) is 4.47 Å². The molecule has 2 N–H and O–H groups in total. The predicted octanol–water partition coefficient (Wildman–Crippen LogP) is 3.22. The number of carboxylic acid groups (broad SMARTS) is 1. The number of nitrogens with one attached hydrogen (secondary N) is 1. The molecule has 0 amide bonds. The van der Waals surface area contributed by atoms with Crippen LogP contribution in [0.2, 0.25) is 0 Å². The van der Waals surface area contributed by atoms with Crippen molar-refractivity contribution in [2.45, 2.75) is 6.04 Å². The van der Waals surface area contributed by atoms with E-state index in [1.165, 1.54) is 24.4 Å². The van der Waals surface area contributed by atoms with Crippen LogP contribution in [-0.4, -0.2) is 16.1 Å². The SMILES string of the molecule is O=C(O)C(Nc1cccc(F)c1)c1ccc(Br)cn1. The van der Waals surface area contributed by atoms with Gasteiger partial charge in [-0.2, -0.15) is 0 Å². The Bertz CT molecular complexity index is 589. The van der Waals surface area contributed by atoms with Gasteiger partial charge in [-0.25, -0.2) is 9.18 Å². The first-order valence-corrected chi connectivity index (χ1v) is 6.22. The molecule has 1 heterocycles. The first-order valence-electron chi connectivity index (χ1n) is 5.42.